The van der Waals surface area contributed by atoms with Crippen molar-refractivity contribution in [2.24, 2.45) is 0 Å². The Kier molecular flexibility index (Phi) is 1.99. The second-order valence-corrected chi connectivity index (χ2v) is 4.96. The molecule has 1 heterocycles. The van der Waals surface area contributed by atoms with E-state index in [4.69, 9.17) is 25.3 Å². The number of rotatable bonds is 5. The molecule has 0 radical (unpaired) electrons. The summed E-state index contributed by atoms with van der Waals surface area (Å²) in [4.78, 5) is 10.9. The average Bonchev–Trinajstić information content (AvgIpc) is 2.86. The Morgan fingerprint density at radius 1 is 1.40 bits per heavy atom. The average molecular weight is 353 g/mol. The van der Waals surface area contributed by atoms with Gasteiger partial charge in [0.2, 0.25) is 0 Å². The van der Waals surface area contributed by atoms with Gasteiger partial charge in [0.05, 0.1) is 10.5 Å². The molecule has 0 saturated carbocycles. The van der Waals surface area contributed by atoms with Crippen LogP contribution in [0.5, 0.6) is 5.75 Å². The lowest BCUT2D eigenvalue weighted by Crippen LogP contribution is -2.12. The maximum absolute atomic E-state index is 11.6. The zero-order chi connectivity index (χ0) is 30.9. The minimum absolute atomic E-state index is 0.238. The van der Waals surface area contributed by atoms with Gasteiger partial charge in [-0.25, -0.2) is 0 Å². The largest absolute Gasteiger partial charge is 0.488 e. The third kappa shape index (κ3) is 4.09. The van der Waals surface area contributed by atoms with Gasteiger partial charge < -0.3 is 14.7 Å². The van der Waals surface area contributed by atoms with Crippen molar-refractivity contribution < 1.29 is 35.2 Å². The van der Waals surface area contributed by atoms with Crippen LogP contribution < -0.4 is 4.74 Å². The van der Waals surface area contributed by atoms with E-state index in [-0.39, 0.29) is 11.1 Å². The highest BCUT2D eigenvalue weighted by Crippen LogP contribution is 2.37. The third-order valence-corrected chi connectivity index (χ3v) is 3.32. The minimum atomic E-state index is -3.90. The number of benzene rings is 2. The van der Waals surface area contributed by atoms with Crippen molar-refractivity contribution in [1.82, 2.24) is 4.90 Å². The molecule has 0 saturated heterocycles. The molecule has 1 aliphatic rings. The Hall–Kier alpha value is -2.59. The number of fused-ring (bicyclic) bond motifs is 2. The molecule has 0 fully saturated rings. The maximum atomic E-state index is 11.6. The van der Waals surface area contributed by atoms with Crippen LogP contribution in [0.4, 0.5) is 0 Å². The molecule has 2 aromatic carbocycles. The van der Waals surface area contributed by atoms with E-state index in [0.29, 0.717) is 0 Å². The summed E-state index contributed by atoms with van der Waals surface area (Å²) in [7, 11) is 0. The first-order valence-corrected chi connectivity index (χ1v) is 7.07. The molecule has 1 aliphatic heterocycles. The second-order valence-electron chi connectivity index (χ2n) is 4.96. The maximum Gasteiger partial charge on any atom is 0.307 e. The van der Waals surface area contributed by atoms with Gasteiger partial charge in [0.15, 0.2) is 0 Å². The zero-order valence-corrected chi connectivity index (χ0v) is 12.8. The van der Waals surface area contributed by atoms with Gasteiger partial charge in [0, 0.05) is 28.5 Å². The zero-order valence-electron chi connectivity index (χ0n) is 27.8. The van der Waals surface area contributed by atoms with E-state index in [1.807, 2.05) is 0 Å². The molecule has 0 unspecified atom stereocenters. The van der Waals surface area contributed by atoms with Crippen LogP contribution in [-0.2, 0) is 17.7 Å². The Morgan fingerprint density at radius 2 is 2.24 bits per heavy atom. The molecule has 1 N–H and O–H groups in total. The summed E-state index contributed by atoms with van der Waals surface area (Å²) in [5, 5.41) is 9.38. The Morgan fingerprint density at radius 3 is 3.04 bits per heavy atom. The highest BCUT2D eigenvalue weighted by molar-refractivity contribution is 5.85. The van der Waals surface area contributed by atoms with Gasteiger partial charge in [0.25, 0.3) is 0 Å². The summed E-state index contributed by atoms with van der Waals surface area (Å²) < 4.78 is 126. The number of carbonyl (C=O) groups is 1. The van der Waals surface area contributed by atoms with Crippen LogP contribution in [0.15, 0.2) is 48.5 Å². The number of hydrogen-bond acceptors (Lipinski definition) is 3. The van der Waals surface area contributed by atoms with E-state index in [0.717, 1.165) is 18.2 Å². The van der Waals surface area contributed by atoms with Gasteiger partial charge in [-0.15, -0.1) is 0 Å². The topological polar surface area (TPSA) is 49.8 Å². The van der Waals surface area contributed by atoms with Crippen LogP contribution in [0, 0.1) is 0 Å². The number of nitrogens with zero attached hydrogens (tertiary/aromatic N) is 1. The van der Waals surface area contributed by atoms with Crippen molar-refractivity contribution in [3.63, 3.8) is 0 Å². The van der Waals surface area contributed by atoms with Gasteiger partial charge >= 0.3 is 5.97 Å². The van der Waals surface area contributed by atoms with Crippen LogP contribution in [-0.4, -0.2) is 36.4 Å². The summed E-state index contributed by atoms with van der Waals surface area (Å²) in [5.74, 6) is -2.29. The van der Waals surface area contributed by atoms with E-state index < -0.39 is 79.1 Å². The van der Waals surface area contributed by atoms with Crippen molar-refractivity contribution in [1.29, 1.82) is 0 Å². The lowest BCUT2D eigenvalue weighted by Gasteiger charge is -2.13. The Balaban J connectivity index is 2.50. The summed E-state index contributed by atoms with van der Waals surface area (Å²) in [5.41, 5.74) is -2.02. The van der Waals surface area contributed by atoms with Crippen LogP contribution in [0.2, 0.25) is 0 Å². The number of carboxylic acid groups (broad SMARTS) is 1. The fraction of sp³-hybridized carbons (Fsp3) is 0.286. The lowest BCUT2D eigenvalue weighted by atomic mass is 9.92. The van der Waals surface area contributed by atoms with E-state index in [9.17, 15) is 9.90 Å². The fourth-order valence-corrected chi connectivity index (χ4v) is 2.34. The summed E-state index contributed by atoms with van der Waals surface area (Å²) >= 11 is 0. The van der Waals surface area contributed by atoms with E-state index in [2.05, 4.69) is 0 Å². The van der Waals surface area contributed by atoms with Gasteiger partial charge in [-0.3, -0.25) is 4.79 Å². The predicted molar refractivity (Wildman–Crippen MR) is 98.8 cm³/mol. The third-order valence-electron chi connectivity index (χ3n) is 3.32. The summed E-state index contributed by atoms with van der Waals surface area (Å²) in [6.45, 7) is -13.9. The predicted octanol–water partition coefficient (Wildman–Crippen LogP) is 3.59. The molecule has 0 atom stereocenters. The Bertz CT molecular complexity index is 1350. The highest BCUT2D eigenvalue weighted by Gasteiger charge is 2.19. The van der Waals surface area contributed by atoms with E-state index in [1.54, 1.807) is 0 Å². The number of aliphatic carboxylic acids is 1. The first-order chi connectivity index (χ1) is 17.9. The fourth-order valence-electron chi connectivity index (χ4n) is 2.34. The number of hydrogen-bond donors (Lipinski definition) is 1. The molecule has 0 aromatic heterocycles. The van der Waals surface area contributed by atoms with Crippen molar-refractivity contribution in [3.8, 4) is 5.75 Å². The quantitative estimate of drug-likeness (QED) is 0.893. The van der Waals surface area contributed by atoms with Crippen LogP contribution >= 0.6 is 0 Å². The molecule has 0 aliphatic carbocycles. The SMILES string of the molecule is [2H]/C(=C1/c2cc(C([2H])([2H])C(=O)O)ccc2OC([2H])([2H])c2ccccc21)C([2H])([2H])C([2H])([2H])N(C([2H])([2H])[2H])C([2H])([2H])[2H]. The number of carboxylic acids is 1. The van der Waals surface area contributed by atoms with Crippen molar-refractivity contribution >= 4 is 11.5 Å². The van der Waals surface area contributed by atoms with E-state index >= 15 is 0 Å². The molecule has 4 nitrogen and oxygen atoms in total. The minimum Gasteiger partial charge on any atom is -0.488 e. The molecule has 0 spiro atoms. The van der Waals surface area contributed by atoms with Crippen molar-refractivity contribution in [2.45, 2.75) is 19.3 Å². The van der Waals surface area contributed by atoms with Crippen molar-refractivity contribution in [3.05, 3.63) is 70.8 Å². The molecule has 25 heavy (non-hydrogen) atoms. The molecular weight excluding hydrogens is 314 g/mol. The standard InChI is InChI=1S/C21H23NO3/c1-22(2)11-5-8-18-17-7-4-3-6-16(17)14-25-20-10-9-15(12-19(18)20)13-21(23)24/h3-4,6-10,12H,5,11,13-14H2,1-2H3,(H,23,24)/b18-8-/i1D3,2D3,5D2,8D,11D2,13D2,14D2. The van der Waals surface area contributed by atoms with Gasteiger partial charge in [-0.2, -0.15) is 0 Å². The highest BCUT2D eigenvalue weighted by atomic mass is 16.5. The van der Waals surface area contributed by atoms with E-state index in [1.165, 1.54) is 24.3 Å². The molecule has 3 rings (SSSR count). The first-order valence-electron chi connectivity index (χ1n) is 14.6. The lowest BCUT2D eigenvalue weighted by molar-refractivity contribution is -0.136. The summed E-state index contributed by atoms with van der Waals surface area (Å²) in [6.07, 6.45) is -6.74. The van der Waals surface area contributed by atoms with Gasteiger partial charge in [-0.05, 0) is 54.7 Å². The second kappa shape index (κ2) is 7.53. The molecule has 0 amide bonds. The van der Waals surface area contributed by atoms with Gasteiger partial charge in [0.1, 0.15) is 12.3 Å². The van der Waals surface area contributed by atoms with Crippen LogP contribution in [0.25, 0.3) is 5.57 Å². The molecular formula is C21H23NO3. The monoisotopic (exact) mass is 352 g/mol. The van der Waals surface area contributed by atoms with Gasteiger partial charge in [-0.1, -0.05) is 36.4 Å². The normalized spacial score (nSPS) is 28.6. The molecule has 130 valence electrons. The molecule has 0 bridgehead atoms. The number of ether oxygens (including phenoxy) is 1. The van der Waals surface area contributed by atoms with Crippen LogP contribution in [0.3, 0.4) is 0 Å². The first kappa shape index (κ1) is 6.61. The smallest absolute Gasteiger partial charge is 0.307 e. The molecule has 2 aromatic rings. The van der Waals surface area contributed by atoms with Crippen molar-refractivity contribution in [2.75, 3.05) is 20.4 Å². The summed E-state index contributed by atoms with van der Waals surface area (Å²) in [6, 6.07) is 6.75. The Labute approximate surface area is 169 Å². The molecule has 4 heteroatoms. The van der Waals surface area contributed by atoms with Crippen LogP contribution in [0.1, 0.15) is 49.2 Å².